The van der Waals surface area contributed by atoms with Crippen molar-refractivity contribution in [3.05, 3.63) is 0 Å². The molecule has 0 aromatic heterocycles. The Morgan fingerprint density at radius 2 is 0.725 bits per heavy atom. The van der Waals surface area contributed by atoms with Crippen LogP contribution in [-0.4, -0.2) is 85.4 Å². The first kappa shape index (κ1) is 46.5. The van der Waals surface area contributed by atoms with E-state index < -0.39 is 57.0 Å². The first-order chi connectivity index (χ1) is 17.7. The summed E-state index contributed by atoms with van der Waals surface area (Å²) in [5.41, 5.74) is -2.07. The molecule has 0 amide bonds. The first-order valence-electron chi connectivity index (χ1n) is 13.2. The molecule has 16 heteroatoms. The molecule has 0 aromatic carbocycles. The zero-order valence-electron chi connectivity index (χ0n) is 24.7. The Labute approximate surface area is 249 Å². The fourth-order valence-electron chi connectivity index (χ4n) is 2.97. The fourth-order valence-corrected chi connectivity index (χ4v) is 7.90. The average Bonchev–Trinajstić information content (AvgIpc) is 2.79. The molecule has 40 heavy (non-hydrogen) atoms. The zero-order chi connectivity index (χ0) is 31.4. The standard InChI is InChI=1S/3C8H17O4P.Al/c3*1-3-4-5-13(11,12)7(2)6-8(9)10;/h3*7H,3-6H2,1-2H3,(H,9,10)(H,11,12);/q;;;+3/p-3. The molecule has 234 valence electrons. The van der Waals surface area contributed by atoms with Gasteiger partial charge in [-0.15, -0.1) is 0 Å². The largest absolute Gasteiger partial charge is 3.00 e. The Balaban J connectivity index is -0.000000240. The van der Waals surface area contributed by atoms with E-state index in [0.717, 1.165) is 19.3 Å². The molecule has 0 aliphatic carbocycles. The molecule has 0 aliphatic heterocycles. The van der Waals surface area contributed by atoms with E-state index in [1.807, 2.05) is 20.8 Å². The van der Waals surface area contributed by atoms with Gasteiger partial charge in [-0.3, -0.25) is 13.7 Å². The summed E-state index contributed by atoms with van der Waals surface area (Å²) in [6.07, 6.45) is 4.09. The SMILES string of the molecule is CCCCP(=O)(O)C(C)CC(=O)[O-].CCCCP(=O)(O)C(C)CC(=O)[O-].CCCCP(=O)(O)C(C)CC(=O)[O-].[Al+3]. The minimum absolute atomic E-state index is 0. The van der Waals surface area contributed by atoms with E-state index in [9.17, 15) is 58.1 Å². The summed E-state index contributed by atoms with van der Waals surface area (Å²) in [4.78, 5) is 58.8. The van der Waals surface area contributed by atoms with Crippen molar-refractivity contribution in [3.8, 4) is 0 Å². The second kappa shape index (κ2) is 24.0. The number of carboxylic acids is 3. The molecule has 0 heterocycles. The van der Waals surface area contributed by atoms with Gasteiger partial charge in [0.05, 0.1) is 0 Å². The summed E-state index contributed by atoms with van der Waals surface area (Å²) in [6.45, 7) is 10.2. The number of unbranched alkanes of at least 4 members (excludes halogenated alkanes) is 3. The Morgan fingerprint density at radius 1 is 0.550 bits per heavy atom. The average molecular weight is 649 g/mol. The van der Waals surface area contributed by atoms with Crippen molar-refractivity contribution in [2.75, 3.05) is 18.5 Å². The third kappa shape index (κ3) is 25.2. The summed E-state index contributed by atoms with van der Waals surface area (Å²) >= 11 is 0. The summed E-state index contributed by atoms with van der Waals surface area (Å²) in [6, 6.07) is 0. The van der Waals surface area contributed by atoms with Crippen LogP contribution in [0.3, 0.4) is 0 Å². The maximum absolute atomic E-state index is 11.5. The van der Waals surface area contributed by atoms with Crippen molar-refractivity contribution < 1.29 is 58.1 Å². The van der Waals surface area contributed by atoms with E-state index in [-0.39, 0.29) is 55.1 Å². The van der Waals surface area contributed by atoms with E-state index >= 15 is 0 Å². The van der Waals surface area contributed by atoms with Gasteiger partial charge in [0.2, 0.25) is 22.1 Å². The number of carboxylic acid groups (broad SMARTS) is 3. The Hall–Kier alpha value is -0.488. The van der Waals surface area contributed by atoms with Crippen LogP contribution < -0.4 is 15.3 Å². The maximum Gasteiger partial charge on any atom is 3.00 e. The third-order valence-corrected chi connectivity index (χ3v) is 13.5. The summed E-state index contributed by atoms with van der Waals surface area (Å²) in [7, 11) is -9.82. The van der Waals surface area contributed by atoms with Gasteiger partial charge in [0.1, 0.15) is 0 Å². The fraction of sp³-hybridized carbons (Fsp3) is 0.875. The molecule has 6 unspecified atom stereocenters. The molecule has 0 bridgehead atoms. The van der Waals surface area contributed by atoms with Gasteiger partial charge >= 0.3 is 17.4 Å². The molecular formula is C24H48AlO12P3. The molecule has 0 fully saturated rings. The van der Waals surface area contributed by atoms with Crippen LogP contribution in [0, 0.1) is 0 Å². The van der Waals surface area contributed by atoms with Crippen molar-refractivity contribution in [3.63, 3.8) is 0 Å². The Morgan fingerprint density at radius 3 is 0.850 bits per heavy atom. The van der Waals surface area contributed by atoms with Crippen LogP contribution in [0.4, 0.5) is 0 Å². The zero-order valence-corrected chi connectivity index (χ0v) is 28.5. The Kier molecular flexibility index (Phi) is 27.9. The normalized spacial score (nSPS) is 17.3. The number of carbonyl (C=O) groups is 3. The van der Waals surface area contributed by atoms with Gasteiger partial charge in [-0.2, -0.15) is 0 Å². The number of rotatable bonds is 18. The monoisotopic (exact) mass is 648 g/mol. The molecular weight excluding hydrogens is 600 g/mol. The van der Waals surface area contributed by atoms with Crippen LogP contribution in [0.25, 0.3) is 0 Å². The van der Waals surface area contributed by atoms with E-state index in [4.69, 9.17) is 0 Å². The van der Waals surface area contributed by atoms with Crippen LogP contribution in [0.2, 0.25) is 0 Å². The minimum Gasteiger partial charge on any atom is -0.550 e. The molecule has 6 atom stereocenters. The van der Waals surface area contributed by atoms with Gasteiger partial charge in [-0.05, 0) is 38.5 Å². The number of aliphatic carboxylic acids is 3. The van der Waals surface area contributed by atoms with Crippen LogP contribution in [0.5, 0.6) is 0 Å². The van der Waals surface area contributed by atoms with E-state index in [1.165, 1.54) is 20.8 Å². The molecule has 12 nitrogen and oxygen atoms in total. The summed E-state index contributed by atoms with van der Waals surface area (Å²) in [5.74, 6) is -3.80. The topological polar surface area (TPSA) is 232 Å². The summed E-state index contributed by atoms with van der Waals surface area (Å²) in [5, 5.41) is 30.6. The molecule has 0 aromatic rings. The van der Waals surface area contributed by atoms with Crippen molar-refractivity contribution in [2.24, 2.45) is 0 Å². The molecule has 0 spiro atoms. The molecule has 0 saturated heterocycles. The maximum atomic E-state index is 11.5. The van der Waals surface area contributed by atoms with E-state index in [2.05, 4.69) is 0 Å². The van der Waals surface area contributed by atoms with Gasteiger partial charge < -0.3 is 44.4 Å². The van der Waals surface area contributed by atoms with Gasteiger partial charge in [-0.25, -0.2) is 0 Å². The molecule has 0 saturated carbocycles. The van der Waals surface area contributed by atoms with Crippen LogP contribution in [-0.2, 0) is 28.1 Å². The van der Waals surface area contributed by atoms with Crippen molar-refractivity contribution >= 4 is 57.4 Å². The third-order valence-electron chi connectivity index (χ3n) is 5.95. The molecule has 3 N–H and O–H groups in total. The smallest absolute Gasteiger partial charge is 0.550 e. The molecule has 0 aliphatic rings. The van der Waals surface area contributed by atoms with Crippen LogP contribution in [0.1, 0.15) is 99.3 Å². The van der Waals surface area contributed by atoms with Crippen molar-refractivity contribution in [1.29, 1.82) is 0 Å². The second-order valence-corrected chi connectivity index (χ2v) is 18.3. The van der Waals surface area contributed by atoms with Gasteiger partial charge in [-0.1, -0.05) is 60.8 Å². The van der Waals surface area contributed by atoms with E-state index in [0.29, 0.717) is 19.3 Å². The second-order valence-electron chi connectivity index (χ2n) is 9.77. The molecule has 0 radical (unpaired) electrons. The first-order valence-corrected chi connectivity index (χ1v) is 19.0. The van der Waals surface area contributed by atoms with Gasteiger partial charge in [0, 0.05) is 53.4 Å². The predicted molar refractivity (Wildman–Crippen MR) is 152 cm³/mol. The minimum atomic E-state index is -3.27. The van der Waals surface area contributed by atoms with Crippen LogP contribution in [0.15, 0.2) is 0 Å². The summed E-state index contributed by atoms with van der Waals surface area (Å²) < 4.78 is 34.4. The van der Waals surface area contributed by atoms with Crippen molar-refractivity contribution in [1.82, 2.24) is 0 Å². The van der Waals surface area contributed by atoms with Crippen LogP contribution >= 0.6 is 22.1 Å². The van der Waals surface area contributed by atoms with E-state index in [1.54, 1.807) is 0 Å². The van der Waals surface area contributed by atoms with Gasteiger partial charge in [0.15, 0.2) is 0 Å². The Bertz CT molecular complexity index is 759. The number of carbonyl (C=O) groups excluding carboxylic acids is 3. The number of hydrogen-bond donors (Lipinski definition) is 3. The predicted octanol–water partition coefficient (Wildman–Crippen LogP) is 1.38. The van der Waals surface area contributed by atoms with Gasteiger partial charge in [0.25, 0.3) is 0 Å². The number of hydrogen-bond acceptors (Lipinski definition) is 9. The quantitative estimate of drug-likeness (QED) is 0.141. The molecule has 0 rings (SSSR count). The van der Waals surface area contributed by atoms with Crippen molar-refractivity contribution in [2.45, 2.75) is 116 Å².